The minimum Gasteiger partial charge on any atom is -0.480 e. The van der Waals surface area contributed by atoms with Gasteiger partial charge in [0, 0.05) is 19.0 Å². The van der Waals surface area contributed by atoms with Crippen molar-refractivity contribution < 1.29 is 23.9 Å². The van der Waals surface area contributed by atoms with E-state index in [1.54, 1.807) is 4.90 Å². The van der Waals surface area contributed by atoms with Crippen LogP contribution in [0.5, 0.6) is 0 Å². The van der Waals surface area contributed by atoms with Crippen molar-refractivity contribution in [1.29, 1.82) is 0 Å². The molecule has 0 radical (unpaired) electrons. The first-order chi connectivity index (χ1) is 10.2. The third-order valence-corrected chi connectivity index (χ3v) is 4.25. The maximum Gasteiger partial charge on any atom is 0.329 e. The largest absolute Gasteiger partial charge is 0.480 e. The zero-order chi connectivity index (χ0) is 16.5. The zero-order valence-corrected chi connectivity index (χ0v) is 13.0. The van der Waals surface area contributed by atoms with Crippen LogP contribution in [0.2, 0.25) is 0 Å². The Hall–Kier alpha value is -1.66. The Labute approximate surface area is 129 Å². The third kappa shape index (κ3) is 3.96. The minimum absolute atomic E-state index is 0.0816. The van der Waals surface area contributed by atoms with Gasteiger partial charge in [-0.3, -0.25) is 9.59 Å². The van der Waals surface area contributed by atoms with E-state index in [1.807, 2.05) is 0 Å². The van der Waals surface area contributed by atoms with Gasteiger partial charge < -0.3 is 15.3 Å². The van der Waals surface area contributed by atoms with Crippen molar-refractivity contribution in [1.82, 2.24) is 10.2 Å². The number of hydrogen-bond acceptors (Lipinski definition) is 3. The van der Waals surface area contributed by atoms with Gasteiger partial charge in [0.2, 0.25) is 11.8 Å². The van der Waals surface area contributed by atoms with E-state index in [2.05, 4.69) is 5.32 Å². The molecule has 2 N–H and O–H groups in total. The van der Waals surface area contributed by atoms with Crippen molar-refractivity contribution in [3.05, 3.63) is 0 Å². The second-order valence-corrected chi connectivity index (χ2v) is 6.74. The summed E-state index contributed by atoms with van der Waals surface area (Å²) in [5.74, 6) is -2.19. The summed E-state index contributed by atoms with van der Waals surface area (Å²) < 4.78 is 13.9. The number of carboxylic acids is 1. The summed E-state index contributed by atoms with van der Waals surface area (Å²) in [7, 11) is 0. The standard InChI is InChI=1S/C15H23FN2O4/c1-15(2,16)11(14(21)22)17-12(19)10-4-3-7-18(8-10)13(20)9-5-6-9/h9-11H,3-8H2,1-2H3,(H,17,19)(H,21,22). The number of hydrogen-bond donors (Lipinski definition) is 2. The number of nitrogens with zero attached hydrogens (tertiary/aromatic N) is 1. The van der Waals surface area contributed by atoms with E-state index in [0.29, 0.717) is 25.9 Å². The van der Waals surface area contributed by atoms with E-state index in [0.717, 1.165) is 26.7 Å². The van der Waals surface area contributed by atoms with Gasteiger partial charge in [-0.25, -0.2) is 9.18 Å². The average Bonchev–Trinajstić information content (AvgIpc) is 3.26. The number of rotatable bonds is 5. The van der Waals surface area contributed by atoms with Gasteiger partial charge in [0.05, 0.1) is 5.92 Å². The van der Waals surface area contributed by atoms with E-state index in [9.17, 15) is 18.8 Å². The van der Waals surface area contributed by atoms with E-state index in [-0.39, 0.29) is 11.8 Å². The number of piperidine rings is 1. The number of nitrogens with one attached hydrogen (secondary N) is 1. The molecule has 1 heterocycles. The van der Waals surface area contributed by atoms with Crippen molar-refractivity contribution >= 4 is 17.8 Å². The van der Waals surface area contributed by atoms with E-state index in [4.69, 9.17) is 5.11 Å². The summed E-state index contributed by atoms with van der Waals surface area (Å²) in [5.41, 5.74) is -2.06. The molecule has 0 aromatic carbocycles. The fourth-order valence-electron chi connectivity index (χ4n) is 2.77. The molecule has 2 atom stereocenters. The molecule has 22 heavy (non-hydrogen) atoms. The molecule has 2 fully saturated rings. The lowest BCUT2D eigenvalue weighted by Gasteiger charge is -2.33. The lowest BCUT2D eigenvalue weighted by Crippen LogP contribution is -2.55. The van der Waals surface area contributed by atoms with Gasteiger partial charge in [0.15, 0.2) is 6.04 Å². The summed E-state index contributed by atoms with van der Waals surface area (Å²) in [6.45, 7) is 3.17. The van der Waals surface area contributed by atoms with Crippen molar-refractivity contribution in [2.45, 2.75) is 51.2 Å². The Morgan fingerprint density at radius 2 is 1.86 bits per heavy atom. The quantitative estimate of drug-likeness (QED) is 0.791. The molecule has 7 heteroatoms. The zero-order valence-electron chi connectivity index (χ0n) is 13.0. The number of likely N-dealkylation sites (tertiary alicyclic amines) is 1. The highest BCUT2D eigenvalue weighted by molar-refractivity contribution is 5.87. The molecule has 2 amide bonds. The van der Waals surface area contributed by atoms with Crippen molar-refractivity contribution in [3.8, 4) is 0 Å². The van der Waals surface area contributed by atoms with Crippen LogP contribution in [0.15, 0.2) is 0 Å². The summed E-state index contributed by atoms with van der Waals surface area (Å²) in [4.78, 5) is 37.1. The van der Waals surface area contributed by atoms with Crippen LogP contribution in [0.3, 0.4) is 0 Å². The molecule has 2 aliphatic rings. The molecule has 2 unspecified atom stereocenters. The lowest BCUT2D eigenvalue weighted by atomic mass is 9.94. The molecule has 1 aliphatic heterocycles. The van der Waals surface area contributed by atoms with Crippen molar-refractivity contribution in [2.24, 2.45) is 11.8 Å². The van der Waals surface area contributed by atoms with Crippen LogP contribution in [0.4, 0.5) is 4.39 Å². The second-order valence-electron chi connectivity index (χ2n) is 6.74. The van der Waals surface area contributed by atoms with Crippen molar-refractivity contribution in [3.63, 3.8) is 0 Å². The van der Waals surface area contributed by atoms with Gasteiger partial charge in [0.1, 0.15) is 5.67 Å². The number of aliphatic carboxylic acids is 1. The third-order valence-electron chi connectivity index (χ3n) is 4.25. The Balaban J connectivity index is 1.96. The number of carboxylic acid groups (broad SMARTS) is 1. The Morgan fingerprint density at radius 3 is 2.36 bits per heavy atom. The van der Waals surface area contributed by atoms with Gasteiger partial charge >= 0.3 is 5.97 Å². The molecule has 2 rings (SSSR count). The fourth-order valence-corrected chi connectivity index (χ4v) is 2.77. The number of amides is 2. The monoisotopic (exact) mass is 314 g/mol. The van der Waals surface area contributed by atoms with E-state index in [1.165, 1.54) is 0 Å². The predicted octanol–water partition coefficient (Wildman–Crippen LogP) is 0.952. The molecule has 1 saturated carbocycles. The van der Waals surface area contributed by atoms with Gasteiger partial charge in [-0.05, 0) is 39.5 Å². The normalized spacial score (nSPS) is 23.8. The first kappa shape index (κ1) is 16.7. The summed E-state index contributed by atoms with van der Waals surface area (Å²) in [6, 6.07) is -1.59. The molecule has 1 saturated heterocycles. The smallest absolute Gasteiger partial charge is 0.329 e. The number of halogens is 1. The minimum atomic E-state index is -2.06. The number of alkyl halides is 1. The molecule has 0 aromatic rings. The molecule has 0 spiro atoms. The second kappa shape index (κ2) is 6.22. The topological polar surface area (TPSA) is 86.7 Å². The van der Waals surface area contributed by atoms with Crippen LogP contribution in [0.1, 0.15) is 39.5 Å². The highest BCUT2D eigenvalue weighted by Gasteiger charge is 2.40. The van der Waals surface area contributed by atoms with Crippen LogP contribution >= 0.6 is 0 Å². The van der Waals surface area contributed by atoms with Crippen LogP contribution < -0.4 is 5.32 Å². The molecule has 124 valence electrons. The summed E-state index contributed by atoms with van der Waals surface area (Å²) >= 11 is 0. The first-order valence-corrected chi connectivity index (χ1v) is 7.71. The van der Waals surface area contributed by atoms with Crippen molar-refractivity contribution in [2.75, 3.05) is 13.1 Å². The molecule has 6 nitrogen and oxygen atoms in total. The van der Waals surface area contributed by atoms with Gasteiger partial charge in [0.25, 0.3) is 0 Å². The Kier molecular flexibility index (Phi) is 4.72. The van der Waals surface area contributed by atoms with Crippen LogP contribution in [0.25, 0.3) is 0 Å². The van der Waals surface area contributed by atoms with Crippen LogP contribution in [0, 0.1) is 11.8 Å². The first-order valence-electron chi connectivity index (χ1n) is 7.71. The Bertz CT molecular complexity index is 471. The lowest BCUT2D eigenvalue weighted by molar-refractivity contribution is -0.147. The fraction of sp³-hybridized carbons (Fsp3) is 0.800. The van der Waals surface area contributed by atoms with Crippen LogP contribution in [-0.2, 0) is 14.4 Å². The SMILES string of the molecule is CC(C)(F)C(NC(=O)C1CCCN(C(=O)C2CC2)C1)C(=O)O. The highest BCUT2D eigenvalue weighted by Crippen LogP contribution is 2.32. The average molecular weight is 314 g/mol. The molecule has 0 bridgehead atoms. The van der Waals surface area contributed by atoms with Gasteiger partial charge in [-0.15, -0.1) is 0 Å². The van der Waals surface area contributed by atoms with E-state index < -0.39 is 29.5 Å². The Morgan fingerprint density at radius 1 is 1.23 bits per heavy atom. The maximum absolute atomic E-state index is 13.9. The number of carbonyl (C=O) groups excluding carboxylic acids is 2. The summed E-state index contributed by atoms with van der Waals surface area (Å²) in [6.07, 6.45) is 3.10. The predicted molar refractivity (Wildman–Crippen MR) is 76.8 cm³/mol. The van der Waals surface area contributed by atoms with Gasteiger partial charge in [-0.1, -0.05) is 0 Å². The molecule has 0 aromatic heterocycles. The highest BCUT2D eigenvalue weighted by atomic mass is 19.1. The van der Waals surface area contributed by atoms with Crippen LogP contribution in [-0.4, -0.2) is 52.6 Å². The molecule has 1 aliphatic carbocycles. The van der Waals surface area contributed by atoms with E-state index >= 15 is 0 Å². The maximum atomic E-state index is 13.9. The summed E-state index contributed by atoms with van der Waals surface area (Å²) in [5, 5.41) is 11.3. The molecular weight excluding hydrogens is 291 g/mol. The molecular formula is C15H23FN2O4. The number of carbonyl (C=O) groups is 3. The van der Waals surface area contributed by atoms with Gasteiger partial charge in [-0.2, -0.15) is 0 Å².